The first-order valence-corrected chi connectivity index (χ1v) is 9.91. The summed E-state index contributed by atoms with van der Waals surface area (Å²) >= 11 is 1.98. The summed E-state index contributed by atoms with van der Waals surface area (Å²) in [6.07, 6.45) is 9.99. The lowest BCUT2D eigenvalue weighted by Crippen LogP contribution is -2.51. The second kappa shape index (κ2) is 8.09. The Balaban J connectivity index is 1.42. The highest BCUT2D eigenvalue weighted by atomic mass is 32.2. The van der Waals surface area contributed by atoms with Gasteiger partial charge in [-0.25, -0.2) is 0 Å². The third-order valence-electron chi connectivity index (χ3n) is 5.03. The first kappa shape index (κ1) is 16.7. The summed E-state index contributed by atoms with van der Waals surface area (Å²) in [6, 6.07) is 10.1. The first-order valence-electron chi connectivity index (χ1n) is 9.04. The van der Waals surface area contributed by atoms with E-state index in [1.54, 1.807) is 0 Å². The summed E-state index contributed by atoms with van der Waals surface area (Å²) < 4.78 is -0.116. The van der Waals surface area contributed by atoms with Gasteiger partial charge in [-0.15, -0.1) is 11.8 Å². The number of hydrogen-bond donors (Lipinski definition) is 2. The average molecular weight is 333 g/mol. The molecule has 0 aliphatic heterocycles. The van der Waals surface area contributed by atoms with Crippen LogP contribution in [-0.2, 0) is 4.79 Å². The van der Waals surface area contributed by atoms with Gasteiger partial charge in [0.1, 0.15) is 0 Å². The van der Waals surface area contributed by atoms with Gasteiger partial charge in [0.05, 0.1) is 4.75 Å². The Labute approximate surface area is 144 Å². The molecular formula is C19H28N2OS. The second-order valence-corrected chi connectivity index (χ2v) is 8.46. The predicted molar refractivity (Wildman–Crippen MR) is 99.0 cm³/mol. The summed E-state index contributed by atoms with van der Waals surface area (Å²) in [5.74, 6) is 0.272. The number of thioether (sulfide) groups is 1. The molecule has 2 N–H and O–H groups in total. The lowest BCUT2D eigenvalue weighted by molar-refractivity contribution is -0.125. The normalized spacial score (nSPS) is 20.5. The van der Waals surface area contributed by atoms with Gasteiger partial charge < -0.3 is 10.6 Å². The standard InChI is InChI=1S/C19H28N2OS/c22-18(21-15-14-20-16-8-3-1-4-9-16)19(12-7-13-19)23-17-10-5-2-6-11-17/h1,3-4,8-9,17,20H,2,5-7,10-15H2,(H,21,22). The van der Waals surface area contributed by atoms with Crippen LogP contribution in [0.1, 0.15) is 51.4 Å². The Morgan fingerprint density at radius 1 is 1.04 bits per heavy atom. The van der Waals surface area contributed by atoms with Crippen LogP contribution < -0.4 is 10.6 Å². The van der Waals surface area contributed by atoms with Crippen LogP contribution in [-0.4, -0.2) is 29.0 Å². The van der Waals surface area contributed by atoms with E-state index >= 15 is 0 Å². The highest BCUT2D eigenvalue weighted by molar-refractivity contribution is 8.02. The largest absolute Gasteiger partial charge is 0.383 e. The molecule has 2 aliphatic rings. The zero-order chi connectivity index (χ0) is 16.0. The second-order valence-electron chi connectivity index (χ2n) is 6.77. The maximum Gasteiger partial charge on any atom is 0.236 e. The molecule has 1 aromatic carbocycles. The molecule has 0 aromatic heterocycles. The van der Waals surface area contributed by atoms with Gasteiger partial charge in [0.15, 0.2) is 0 Å². The summed E-state index contributed by atoms with van der Waals surface area (Å²) in [6.45, 7) is 1.47. The van der Waals surface area contributed by atoms with Crippen LogP contribution >= 0.6 is 11.8 Å². The van der Waals surface area contributed by atoms with Gasteiger partial charge >= 0.3 is 0 Å². The number of nitrogens with one attached hydrogen (secondary N) is 2. The maximum absolute atomic E-state index is 12.7. The van der Waals surface area contributed by atoms with Crippen LogP contribution in [0.25, 0.3) is 0 Å². The van der Waals surface area contributed by atoms with Gasteiger partial charge in [-0.2, -0.15) is 0 Å². The maximum atomic E-state index is 12.7. The van der Waals surface area contributed by atoms with Gasteiger partial charge in [0.25, 0.3) is 0 Å². The van der Waals surface area contributed by atoms with Gasteiger partial charge in [-0.3, -0.25) is 4.79 Å². The van der Waals surface area contributed by atoms with Crippen molar-refractivity contribution in [3.63, 3.8) is 0 Å². The van der Waals surface area contributed by atoms with Crippen LogP contribution in [0.3, 0.4) is 0 Å². The molecule has 0 bridgehead atoms. The molecule has 0 atom stereocenters. The molecule has 126 valence electrons. The van der Waals surface area contributed by atoms with Crippen LogP contribution in [0, 0.1) is 0 Å². The Morgan fingerprint density at radius 3 is 2.43 bits per heavy atom. The van der Waals surface area contributed by atoms with E-state index in [4.69, 9.17) is 0 Å². The minimum Gasteiger partial charge on any atom is -0.383 e. The van der Waals surface area contributed by atoms with Gasteiger partial charge in [0.2, 0.25) is 5.91 Å². The van der Waals surface area contributed by atoms with Crippen molar-refractivity contribution in [1.82, 2.24) is 5.32 Å². The zero-order valence-corrected chi connectivity index (χ0v) is 14.7. The van der Waals surface area contributed by atoms with E-state index < -0.39 is 0 Å². The fraction of sp³-hybridized carbons (Fsp3) is 0.632. The zero-order valence-electron chi connectivity index (χ0n) is 13.9. The molecule has 4 heteroatoms. The van der Waals surface area contributed by atoms with Crippen molar-refractivity contribution < 1.29 is 4.79 Å². The van der Waals surface area contributed by atoms with E-state index in [2.05, 4.69) is 10.6 Å². The minimum atomic E-state index is -0.116. The van der Waals surface area contributed by atoms with E-state index in [1.807, 2.05) is 42.1 Å². The topological polar surface area (TPSA) is 41.1 Å². The molecule has 0 radical (unpaired) electrons. The number of amides is 1. The molecule has 2 fully saturated rings. The molecule has 2 saturated carbocycles. The van der Waals surface area contributed by atoms with E-state index in [-0.39, 0.29) is 10.7 Å². The Hall–Kier alpha value is -1.16. The molecule has 1 aromatic rings. The van der Waals surface area contributed by atoms with E-state index in [1.165, 1.54) is 38.5 Å². The van der Waals surface area contributed by atoms with Crippen molar-refractivity contribution in [3.05, 3.63) is 30.3 Å². The highest BCUT2D eigenvalue weighted by Crippen LogP contribution is 2.48. The number of para-hydroxylation sites is 1. The number of carbonyl (C=O) groups is 1. The average Bonchev–Trinajstić information content (AvgIpc) is 2.57. The Morgan fingerprint density at radius 2 is 1.78 bits per heavy atom. The van der Waals surface area contributed by atoms with E-state index in [0.29, 0.717) is 11.8 Å². The summed E-state index contributed by atoms with van der Waals surface area (Å²) in [5.41, 5.74) is 1.11. The van der Waals surface area contributed by atoms with Crippen molar-refractivity contribution in [2.75, 3.05) is 18.4 Å². The van der Waals surface area contributed by atoms with Gasteiger partial charge in [-0.1, -0.05) is 37.5 Å². The van der Waals surface area contributed by atoms with Crippen molar-refractivity contribution in [2.45, 2.75) is 61.4 Å². The summed E-state index contributed by atoms with van der Waals surface area (Å²) in [5, 5.41) is 7.22. The molecule has 0 heterocycles. The molecule has 3 rings (SSSR count). The smallest absolute Gasteiger partial charge is 0.236 e. The number of rotatable bonds is 7. The summed E-state index contributed by atoms with van der Waals surface area (Å²) in [7, 11) is 0. The van der Waals surface area contributed by atoms with Crippen LogP contribution in [0.4, 0.5) is 5.69 Å². The number of carbonyl (C=O) groups excluding carboxylic acids is 1. The van der Waals surface area contributed by atoms with Gasteiger partial charge in [0, 0.05) is 24.0 Å². The molecule has 0 saturated heterocycles. The van der Waals surface area contributed by atoms with Crippen LogP contribution in [0.15, 0.2) is 30.3 Å². The third kappa shape index (κ3) is 4.43. The lowest BCUT2D eigenvalue weighted by atomic mass is 9.83. The van der Waals surface area contributed by atoms with Crippen LogP contribution in [0.5, 0.6) is 0 Å². The molecule has 23 heavy (non-hydrogen) atoms. The first-order chi connectivity index (χ1) is 11.3. The van der Waals surface area contributed by atoms with Crippen molar-refractivity contribution in [2.24, 2.45) is 0 Å². The van der Waals surface area contributed by atoms with Crippen molar-refractivity contribution in [1.29, 1.82) is 0 Å². The highest BCUT2D eigenvalue weighted by Gasteiger charge is 2.46. The molecule has 0 spiro atoms. The van der Waals surface area contributed by atoms with Gasteiger partial charge in [-0.05, 0) is 44.2 Å². The molecule has 2 aliphatic carbocycles. The Bertz CT molecular complexity index is 495. The molecule has 0 unspecified atom stereocenters. The Kier molecular flexibility index (Phi) is 5.87. The minimum absolute atomic E-state index is 0.116. The fourth-order valence-corrected chi connectivity index (χ4v) is 5.41. The number of hydrogen-bond acceptors (Lipinski definition) is 3. The molecule has 1 amide bonds. The SMILES string of the molecule is O=C(NCCNc1ccccc1)C1(SC2CCCCC2)CCC1. The van der Waals surface area contributed by atoms with E-state index in [9.17, 15) is 4.79 Å². The number of benzene rings is 1. The predicted octanol–water partition coefficient (Wildman–Crippen LogP) is 4.20. The quantitative estimate of drug-likeness (QED) is 0.735. The lowest BCUT2D eigenvalue weighted by Gasteiger charge is -2.42. The third-order valence-corrected chi connectivity index (χ3v) is 6.88. The fourth-order valence-electron chi connectivity index (χ4n) is 3.50. The molecule has 3 nitrogen and oxygen atoms in total. The van der Waals surface area contributed by atoms with Crippen LogP contribution in [0.2, 0.25) is 0 Å². The van der Waals surface area contributed by atoms with E-state index in [0.717, 1.165) is 25.1 Å². The summed E-state index contributed by atoms with van der Waals surface area (Å²) in [4.78, 5) is 12.7. The molecular weight excluding hydrogens is 304 g/mol. The number of anilines is 1. The van der Waals surface area contributed by atoms with Crippen molar-refractivity contribution >= 4 is 23.4 Å². The monoisotopic (exact) mass is 332 g/mol. The van der Waals surface area contributed by atoms with Crippen molar-refractivity contribution in [3.8, 4) is 0 Å².